The molecule has 102 valence electrons. The number of hydrogen-bond donors (Lipinski definition) is 2. The molecule has 1 aliphatic rings. The van der Waals surface area contributed by atoms with Crippen LogP contribution < -0.4 is 5.32 Å². The number of carboxylic acid groups (broad SMARTS) is 1. The summed E-state index contributed by atoms with van der Waals surface area (Å²) in [6.45, 7) is 0.622. The van der Waals surface area contributed by atoms with Gasteiger partial charge in [-0.05, 0) is 24.5 Å². The van der Waals surface area contributed by atoms with Gasteiger partial charge in [0.25, 0.3) is 5.91 Å². The summed E-state index contributed by atoms with van der Waals surface area (Å²) in [5.74, 6) is -0.646. The summed E-state index contributed by atoms with van der Waals surface area (Å²) < 4.78 is 0. The van der Waals surface area contributed by atoms with Crippen molar-refractivity contribution in [1.29, 1.82) is 0 Å². The zero-order valence-electron chi connectivity index (χ0n) is 10.9. The van der Waals surface area contributed by atoms with Crippen molar-refractivity contribution in [2.45, 2.75) is 32.1 Å². The predicted octanol–water partition coefficient (Wildman–Crippen LogP) is 2.69. The highest BCUT2D eigenvalue weighted by Crippen LogP contribution is 2.26. The number of hydrogen-bond acceptors (Lipinski definition) is 2. The smallest absolute Gasteiger partial charge is 0.336 e. The number of amides is 1. The summed E-state index contributed by atoms with van der Waals surface area (Å²) in [5.41, 5.74) is 0.294. The molecule has 0 radical (unpaired) electrons. The Morgan fingerprint density at radius 3 is 2.42 bits per heavy atom. The molecule has 1 saturated carbocycles. The summed E-state index contributed by atoms with van der Waals surface area (Å²) >= 11 is 0. The Kier molecular flexibility index (Phi) is 4.55. The first-order valence-electron chi connectivity index (χ1n) is 6.79. The quantitative estimate of drug-likeness (QED) is 0.856. The largest absolute Gasteiger partial charge is 0.478 e. The predicted molar refractivity (Wildman–Crippen MR) is 72.3 cm³/mol. The molecule has 19 heavy (non-hydrogen) atoms. The van der Waals surface area contributed by atoms with Crippen molar-refractivity contribution in [1.82, 2.24) is 5.32 Å². The molecule has 1 aliphatic carbocycles. The van der Waals surface area contributed by atoms with Crippen LogP contribution >= 0.6 is 0 Å². The lowest BCUT2D eigenvalue weighted by molar-refractivity contribution is 0.0691. The fourth-order valence-corrected chi connectivity index (χ4v) is 2.65. The van der Waals surface area contributed by atoms with Crippen LogP contribution in [0.4, 0.5) is 0 Å². The average Bonchev–Trinajstić information content (AvgIpc) is 2.91. The first-order chi connectivity index (χ1) is 9.18. The van der Waals surface area contributed by atoms with Gasteiger partial charge in [-0.15, -0.1) is 0 Å². The molecule has 2 N–H and O–H groups in total. The van der Waals surface area contributed by atoms with Crippen molar-refractivity contribution in [2.75, 3.05) is 6.54 Å². The fraction of sp³-hybridized carbons (Fsp3) is 0.467. The molecule has 0 heterocycles. The summed E-state index contributed by atoms with van der Waals surface area (Å²) in [7, 11) is 0. The molecule has 0 unspecified atom stereocenters. The number of carboxylic acids is 1. The van der Waals surface area contributed by atoms with Crippen molar-refractivity contribution in [3.63, 3.8) is 0 Å². The van der Waals surface area contributed by atoms with E-state index < -0.39 is 5.97 Å². The lowest BCUT2D eigenvalue weighted by Crippen LogP contribution is -2.27. The second kappa shape index (κ2) is 6.36. The van der Waals surface area contributed by atoms with Gasteiger partial charge >= 0.3 is 5.97 Å². The summed E-state index contributed by atoms with van der Waals surface area (Å²) in [4.78, 5) is 23.0. The third-order valence-electron chi connectivity index (χ3n) is 3.71. The number of carbonyl (C=O) groups is 2. The van der Waals surface area contributed by atoms with E-state index >= 15 is 0 Å². The molecule has 1 aromatic rings. The number of aromatic carboxylic acids is 1. The van der Waals surface area contributed by atoms with Gasteiger partial charge in [0.15, 0.2) is 0 Å². The Morgan fingerprint density at radius 1 is 1.16 bits per heavy atom. The SMILES string of the molecule is O=C(O)c1ccccc1C(=O)NCCC1CCCC1. The van der Waals surface area contributed by atoms with Gasteiger partial charge in [0, 0.05) is 6.54 Å². The Morgan fingerprint density at radius 2 is 1.79 bits per heavy atom. The molecule has 1 aromatic carbocycles. The van der Waals surface area contributed by atoms with Crippen molar-refractivity contribution >= 4 is 11.9 Å². The van der Waals surface area contributed by atoms with Crippen LogP contribution in [-0.4, -0.2) is 23.5 Å². The molecule has 0 aliphatic heterocycles. The van der Waals surface area contributed by atoms with Gasteiger partial charge in [0.1, 0.15) is 0 Å². The highest BCUT2D eigenvalue weighted by atomic mass is 16.4. The maximum absolute atomic E-state index is 12.0. The van der Waals surface area contributed by atoms with Gasteiger partial charge < -0.3 is 10.4 Å². The lowest BCUT2D eigenvalue weighted by Gasteiger charge is -2.10. The molecule has 2 rings (SSSR count). The number of rotatable bonds is 5. The highest BCUT2D eigenvalue weighted by molar-refractivity contribution is 6.04. The van der Waals surface area contributed by atoms with Crippen molar-refractivity contribution in [2.24, 2.45) is 5.92 Å². The normalized spacial score (nSPS) is 15.4. The summed E-state index contributed by atoms with van der Waals surface area (Å²) in [6.07, 6.45) is 6.07. The minimum absolute atomic E-state index is 0.0564. The van der Waals surface area contributed by atoms with E-state index in [1.807, 2.05) is 0 Å². The van der Waals surface area contributed by atoms with E-state index in [0.29, 0.717) is 6.54 Å². The molecule has 0 aromatic heterocycles. The zero-order valence-corrected chi connectivity index (χ0v) is 10.9. The van der Waals surface area contributed by atoms with E-state index in [9.17, 15) is 9.59 Å². The Balaban J connectivity index is 1.90. The molecule has 1 fully saturated rings. The second-order valence-electron chi connectivity index (χ2n) is 5.05. The molecule has 4 heteroatoms. The van der Waals surface area contributed by atoms with Crippen LogP contribution in [0.3, 0.4) is 0 Å². The van der Waals surface area contributed by atoms with Crippen LogP contribution in [0, 0.1) is 5.92 Å². The molecule has 0 atom stereocenters. The van der Waals surface area contributed by atoms with Crippen LogP contribution in [0.1, 0.15) is 52.8 Å². The Hall–Kier alpha value is -1.84. The Labute approximate surface area is 112 Å². The van der Waals surface area contributed by atoms with E-state index in [1.165, 1.54) is 31.7 Å². The van der Waals surface area contributed by atoms with Crippen LogP contribution in [0.2, 0.25) is 0 Å². The minimum atomic E-state index is -1.07. The van der Waals surface area contributed by atoms with Gasteiger partial charge in [-0.2, -0.15) is 0 Å². The Bertz CT molecular complexity index is 464. The first kappa shape index (κ1) is 13.6. The van der Waals surface area contributed by atoms with Gasteiger partial charge in [-0.1, -0.05) is 37.8 Å². The van der Waals surface area contributed by atoms with Crippen LogP contribution in [0.15, 0.2) is 24.3 Å². The molecule has 4 nitrogen and oxygen atoms in total. The maximum Gasteiger partial charge on any atom is 0.336 e. The molecular formula is C15H19NO3. The summed E-state index contributed by atoms with van der Waals surface area (Å²) in [6, 6.07) is 6.31. The van der Waals surface area contributed by atoms with Gasteiger partial charge in [-0.3, -0.25) is 4.79 Å². The van der Waals surface area contributed by atoms with E-state index in [2.05, 4.69) is 5.32 Å². The van der Waals surface area contributed by atoms with Crippen molar-refractivity contribution < 1.29 is 14.7 Å². The third kappa shape index (κ3) is 3.56. The van der Waals surface area contributed by atoms with Gasteiger partial charge in [0.2, 0.25) is 0 Å². The second-order valence-corrected chi connectivity index (χ2v) is 5.05. The molecular weight excluding hydrogens is 242 g/mol. The van der Waals surface area contributed by atoms with Crippen molar-refractivity contribution in [3.8, 4) is 0 Å². The highest BCUT2D eigenvalue weighted by Gasteiger charge is 2.17. The van der Waals surface area contributed by atoms with Crippen LogP contribution in [0.25, 0.3) is 0 Å². The number of benzene rings is 1. The van der Waals surface area contributed by atoms with Crippen LogP contribution in [0.5, 0.6) is 0 Å². The maximum atomic E-state index is 12.0. The summed E-state index contributed by atoms with van der Waals surface area (Å²) in [5, 5.41) is 11.9. The van der Waals surface area contributed by atoms with E-state index in [4.69, 9.17) is 5.11 Å². The van der Waals surface area contributed by atoms with Gasteiger partial charge in [0.05, 0.1) is 11.1 Å². The number of carbonyl (C=O) groups excluding carboxylic acids is 1. The average molecular weight is 261 g/mol. The molecule has 0 saturated heterocycles. The monoisotopic (exact) mass is 261 g/mol. The number of nitrogens with one attached hydrogen (secondary N) is 1. The fourth-order valence-electron chi connectivity index (χ4n) is 2.65. The molecule has 0 bridgehead atoms. The first-order valence-corrected chi connectivity index (χ1v) is 6.79. The standard InChI is InChI=1S/C15H19NO3/c17-14(16-10-9-11-5-1-2-6-11)12-7-3-4-8-13(12)15(18)19/h3-4,7-8,11H,1-2,5-6,9-10H2,(H,16,17)(H,18,19). The lowest BCUT2D eigenvalue weighted by atomic mass is 10.0. The zero-order chi connectivity index (χ0) is 13.7. The van der Waals surface area contributed by atoms with Crippen molar-refractivity contribution in [3.05, 3.63) is 35.4 Å². The van der Waals surface area contributed by atoms with E-state index in [-0.39, 0.29) is 17.0 Å². The molecule has 1 amide bonds. The van der Waals surface area contributed by atoms with Gasteiger partial charge in [-0.25, -0.2) is 4.79 Å². The topological polar surface area (TPSA) is 66.4 Å². The molecule has 0 spiro atoms. The van der Waals surface area contributed by atoms with E-state index in [1.54, 1.807) is 18.2 Å². The van der Waals surface area contributed by atoms with Crippen LogP contribution in [-0.2, 0) is 0 Å². The van der Waals surface area contributed by atoms with E-state index in [0.717, 1.165) is 12.3 Å². The third-order valence-corrected chi connectivity index (χ3v) is 3.71. The minimum Gasteiger partial charge on any atom is -0.478 e.